The average molecular weight is 186 g/mol. The van der Waals surface area contributed by atoms with Gasteiger partial charge in [-0.05, 0) is 48.9 Å². The van der Waals surface area contributed by atoms with Crippen LogP contribution in [0.1, 0.15) is 41.1 Å². The molecular formula is C12H14N2. The van der Waals surface area contributed by atoms with Crippen molar-refractivity contribution in [3.8, 4) is 6.07 Å². The van der Waals surface area contributed by atoms with Gasteiger partial charge in [0.15, 0.2) is 0 Å². The lowest BCUT2D eigenvalue weighted by Gasteiger charge is -2.23. The molecule has 0 aliphatic heterocycles. The summed E-state index contributed by atoms with van der Waals surface area (Å²) < 4.78 is 0. The van der Waals surface area contributed by atoms with Crippen molar-refractivity contribution in [3.63, 3.8) is 0 Å². The van der Waals surface area contributed by atoms with Crippen molar-refractivity contribution in [2.24, 2.45) is 5.73 Å². The van der Waals surface area contributed by atoms with Crippen LogP contribution >= 0.6 is 0 Å². The minimum absolute atomic E-state index is 0.130. The molecule has 0 bridgehead atoms. The third-order valence-corrected chi connectivity index (χ3v) is 2.89. The Morgan fingerprint density at radius 2 is 2.29 bits per heavy atom. The van der Waals surface area contributed by atoms with Crippen molar-refractivity contribution in [1.82, 2.24) is 0 Å². The maximum atomic E-state index is 9.01. The Hall–Kier alpha value is -1.33. The molecule has 72 valence electrons. The molecule has 1 aromatic rings. The summed E-state index contributed by atoms with van der Waals surface area (Å²) >= 11 is 0. The molecule has 0 unspecified atom stereocenters. The molecule has 1 aliphatic carbocycles. The monoisotopic (exact) mass is 186 g/mol. The zero-order chi connectivity index (χ0) is 10.1. The first-order valence-corrected chi connectivity index (χ1v) is 5.01. The number of rotatable bonds is 0. The van der Waals surface area contributed by atoms with Gasteiger partial charge >= 0.3 is 0 Å². The summed E-state index contributed by atoms with van der Waals surface area (Å²) in [6.07, 6.45) is 3.15. The van der Waals surface area contributed by atoms with Crippen LogP contribution in [0.3, 0.4) is 0 Å². The average Bonchev–Trinajstić information content (AvgIpc) is 2.18. The Kier molecular flexibility index (Phi) is 2.26. The Bertz CT molecular complexity index is 402. The number of fused-ring (bicyclic) bond motifs is 1. The molecule has 0 saturated heterocycles. The third-order valence-electron chi connectivity index (χ3n) is 2.89. The number of aryl methyl sites for hydroxylation is 1. The lowest BCUT2D eigenvalue weighted by Crippen LogP contribution is -2.18. The molecule has 2 nitrogen and oxygen atoms in total. The van der Waals surface area contributed by atoms with Gasteiger partial charge in [-0.15, -0.1) is 0 Å². The quantitative estimate of drug-likeness (QED) is 0.675. The molecule has 2 N–H and O–H groups in total. The first-order valence-electron chi connectivity index (χ1n) is 5.01. The van der Waals surface area contributed by atoms with Gasteiger partial charge < -0.3 is 5.73 Å². The van der Waals surface area contributed by atoms with E-state index in [2.05, 4.69) is 12.1 Å². The van der Waals surface area contributed by atoms with Crippen molar-refractivity contribution in [1.29, 1.82) is 5.26 Å². The number of benzene rings is 1. The Morgan fingerprint density at radius 3 is 3.00 bits per heavy atom. The van der Waals surface area contributed by atoms with E-state index in [0.29, 0.717) is 0 Å². The SMILES string of the molecule is Cc1cc(C#N)c2c(c1)[C@@H](N)CCC2. The van der Waals surface area contributed by atoms with Gasteiger partial charge in [0.1, 0.15) is 0 Å². The smallest absolute Gasteiger partial charge is 0.0994 e. The predicted molar refractivity (Wildman–Crippen MR) is 55.8 cm³/mol. The molecule has 14 heavy (non-hydrogen) atoms. The van der Waals surface area contributed by atoms with Crippen LogP contribution in [-0.2, 0) is 6.42 Å². The molecule has 1 aliphatic rings. The van der Waals surface area contributed by atoms with Crippen LogP contribution in [0.4, 0.5) is 0 Å². The Labute approximate surface area is 84.3 Å². The highest BCUT2D eigenvalue weighted by atomic mass is 14.6. The first kappa shape index (κ1) is 9.23. The van der Waals surface area contributed by atoms with Gasteiger partial charge in [-0.3, -0.25) is 0 Å². The fourth-order valence-electron chi connectivity index (χ4n) is 2.21. The van der Waals surface area contributed by atoms with Crippen LogP contribution in [0.15, 0.2) is 12.1 Å². The summed E-state index contributed by atoms with van der Waals surface area (Å²) in [7, 11) is 0. The van der Waals surface area contributed by atoms with Crippen LogP contribution in [-0.4, -0.2) is 0 Å². The summed E-state index contributed by atoms with van der Waals surface area (Å²) in [6, 6.07) is 6.47. The van der Waals surface area contributed by atoms with Crippen LogP contribution < -0.4 is 5.73 Å². The molecule has 1 aromatic carbocycles. The van der Waals surface area contributed by atoms with Crippen LogP contribution in [0.2, 0.25) is 0 Å². The summed E-state index contributed by atoms with van der Waals surface area (Å²) in [4.78, 5) is 0. The second-order valence-corrected chi connectivity index (χ2v) is 3.99. The zero-order valence-corrected chi connectivity index (χ0v) is 8.38. The van der Waals surface area contributed by atoms with E-state index in [1.54, 1.807) is 0 Å². The second kappa shape index (κ2) is 3.43. The largest absolute Gasteiger partial charge is 0.324 e. The van der Waals surface area contributed by atoms with Crippen molar-refractivity contribution < 1.29 is 0 Å². The van der Waals surface area contributed by atoms with Crippen molar-refractivity contribution >= 4 is 0 Å². The van der Waals surface area contributed by atoms with Gasteiger partial charge in [0.05, 0.1) is 11.6 Å². The van der Waals surface area contributed by atoms with Crippen LogP contribution in [0, 0.1) is 18.3 Å². The first-order chi connectivity index (χ1) is 6.72. The van der Waals surface area contributed by atoms with Crippen LogP contribution in [0.5, 0.6) is 0 Å². The minimum Gasteiger partial charge on any atom is -0.324 e. The van der Waals surface area contributed by atoms with E-state index in [4.69, 9.17) is 11.0 Å². The summed E-state index contributed by atoms with van der Waals surface area (Å²) in [5.74, 6) is 0. The van der Waals surface area contributed by atoms with Gasteiger partial charge in [0.25, 0.3) is 0 Å². The summed E-state index contributed by atoms with van der Waals surface area (Å²) in [5.41, 5.74) is 10.3. The molecule has 2 rings (SSSR count). The topological polar surface area (TPSA) is 49.8 Å². The highest BCUT2D eigenvalue weighted by Crippen LogP contribution is 2.30. The number of nitrogens with zero attached hydrogens (tertiary/aromatic N) is 1. The van der Waals surface area contributed by atoms with E-state index in [9.17, 15) is 0 Å². The maximum Gasteiger partial charge on any atom is 0.0994 e. The van der Waals surface area contributed by atoms with Gasteiger partial charge in [0.2, 0.25) is 0 Å². The lowest BCUT2D eigenvalue weighted by molar-refractivity contribution is 0.569. The number of hydrogen-bond donors (Lipinski definition) is 1. The number of nitrogens with two attached hydrogens (primary N) is 1. The van der Waals surface area contributed by atoms with Crippen molar-refractivity contribution in [2.45, 2.75) is 32.2 Å². The van der Waals surface area contributed by atoms with Crippen molar-refractivity contribution in [3.05, 3.63) is 34.4 Å². The highest BCUT2D eigenvalue weighted by Gasteiger charge is 2.19. The van der Waals surface area contributed by atoms with Gasteiger partial charge in [0, 0.05) is 6.04 Å². The van der Waals surface area contributed by atoms with Gasteiger partial charge in [-0.2, -0.15) is 5.26 Å². The molecule has 2 heteroatoms. The normalized spacial score (nSPS) is 19.9. The molecule has 0 heterocycles. The van der Waals surface area contributed by atoms with E-state index < -0.39 is 0 Å². The van der Waals surface area contributed by atoms with E-state index in [1.165, 1.54) is 11.1 Å². The maximum absolute atomic E-state index is 9.01. The number of nitriles is 1. The molecule has 0 fully saturated rings. The van der Waals surface area contributed by atoms with Crippen LogP contribution in [0.25, 0.3) is 0 Å². The third kappa shape index (κ3) is 1.40. The molecule has 0 amide bonds. The molecule has 0 spiro atoms. The molecular weight excluding hydrogens is 172 g/mol. The van der Waals surface area contributed by atoms with E-state index in [1.807, 2.05) is 13.0 Å². The fourth-order valence-corrected chi connectivity index (χ4v) is 2.21. The minimum atomic E-state index is 0.130. The highest BCUT2D eigenvalue weighted by molar-refractivity contribution is 5.47. The lowest BCUT2D eigenvalue weighted by atomic mass is 9.84. The fraction of sp³-hybridized carbons (Fsp3) is 0.417. The Balaban J connectivity index is 2.62. The van der Waals surface area contributed by atoms with E-state index >= 15 is 0 Å². The second-order valence-electron chi connectivity index (χ2n) is 3.99. The van der Waals surface area contributed by atoms with E-state index in [-0.39, 0.29) is 6.04 Å². The molecule has 0 aromatic heterocycles. The van der Waals surface area contributed by atoms with Gasteiger partial charge in [-0.1, -0.05) is 6.07 Å². The standard InChI is InChI=1S/C12H14N2/c1-8-5-9(7-13)10-3-2-4-12(14)11(10)6-8/h5-6,12H,2-4,14H2,1H3/t12-/m0/s1. The zero-order valence-electron chi connectivity index (χ0n) is 8.38. The van der Waals surface area contributed by atoms with Gasteiger partial charge in [-0.25, -0.2) is 0 Å². The molecule has 1 atom stereocenters. The summed E-state index contributed by atoms with van der Waals surface area (Å²) in [5, 5.41) is 9.01. The predicted octanol–water partition coefficient (Wildman–Crippen LogP) is 2.20. The Morgan fingerprint density at radius 1 is 1.50 bits per heavy atom. The number of hydrogen-bond acceptors (Lipinski definition) is 2. The summed E-state index contributed by atoms with van der Waals surface area (Å²) in [6.45, 7) is 2.02. The van der Waals surface area contributed by atoms with Crippen molar-refractivity contribution in [2.75, 3.05) is 0 Å². The molecule has 0 radical (unpaired) electrons. The van der Waals surface area contributed by atoms with E-state index in [0.717, 1.165) is 30.4 Å². The molecule has 0 saturated carbocycles.